The number of carboxylic acid groups (broad SMARTS) is 1. The van der Waals surface area contributed by atoms with Crippen molar-refractivity contribution in [3.63, 3.8) is 0 Å². The second-order valence-corrected chi connectivity index (χ2v) is 5.05. The summed E-state index contributed by atoms with van der Waals surface area (Å²) in [5.41, 5.74) is 2.28. The SMILES string of the molecule is CN1CCN(c2ccc3cc(C(=O)O)[nH]c3c2)CC1. The lowest BCUT2D eigenvalue weighted by Crippen LogP contribution is -2.44. The van der Waals surface area contributed by atoms with Crippen molar-refractivity contribution in [2.45, 2.75) is 0 Å². The Hall–Kier alpha value is -2.01. The number of rotatable bonds is 2. The summed E-state index contributed by atoms with van der Waals surface area (Å²) in [6.45, 7) is 4.13. The quantitative estimate of drug-likeness (QED) is 0.860. The highest BCUT2D eigenvalue weighted by atomic mass is 16.4. The number of hydrogen-bond acceptors (Lipinski definition) is 3. The monoisotopic (exact) mass is 259 g/mol. The molecule has 0 radical (unpaired) electrons. The van der Waals surface area contributed by atoms with E-state index in [4.69, 9.17) is 5.11 Å². The minimum absolute atomic E-state index is 0.241. The van der Waals surface area contributed by atoms with E-state index in [9.17, 15) is 4.79 Å². The number of aromatic amines is 1. The third-order valence-corrected chi connectivity index (χ3v) is 3.70. The third kappa shape index (κ3) is 2.29. The topological polar surface area (TPSA) is 59.6 Å². The van der Waals surface area contributed by atoms with Crippen LogP contribution in [0.3, 0.4) is 0 Å². The number of anilines is 1. The Morgan fingerprint density at radius 1 is 1.21 bits per heavy atom. The van der Waals surface area contributed by atoms with Crippen molar-refractivity contribution in [3.05, 3.63) is 30.0 Å². The number of nitrogens with one attached hydrogen (secondary N) is 1. The van der Waals surface area contributed by atoms with Gasteiger partial charge in [0.05, 0.1) is 0 Å². The van der Waals surface area contributed by atoms with Crippen molar-refractivity contribution >= 4 is 22.6 Å². The van der Waals surface area contributed by atoms with Crippen molar-refractivity contribution in [2.24, 2.45) is 0 Å². The van der Waals surface area contributed by atoms with Crippen molar-refractivity contribution in [1.29, 1.82) is 0 Å². The minimum atomic E-state index is -0.919. The van der Waals surface area contributed by atoms with E-state index < -0.39 is 5.97 Å². The summed E-state index contributed by atoms with van der Waals surface area (Å²) in [5, 5.41) is 9.93. The van der Waals surface area contributed by atoms with Gasteiger partial charge in [0.2, 0.25) is 0 Å². The van der Waals surface area contributed by atoms with E-state index in [0.717, 1.165) is 42.8 Å². The molecule has 5 nitrogen and oxygen atoms in total. The van der Waals surface area contributed by atoms with Crippen LogP contribution in [0.5, 0.6) is 0 Å². The van der Waals surface area contributed by atoms with Crippen LogP contribution in [0, 0.1) is 0 Å². The van der Waals surface area contributed by atoms with E-state index in [1.807, 2.05) is 12.1 Å². The highest BCUT2D eigenvalue weighted by Gasteiger charge is 2.15. The van der Waals surface area contributed by atoms with Crippen molar-refractivity contribution in [3.8, 4) is 0 Å². The molecule has 1 aromatic heterocycles. The lowest BCUT2D eigenvalue weighted by molar-refractivity contribution is 0.0691. The summed E-state index contributed by atoms with van der Waals surface area (Å²) in [7, 11) is 2.13. The minimum Gasteiger partial charge on any atom is -0.477 e. The number of H-pyrrole nitrogens is 1. The van der Waals surface area contributed by atoms with Crippen molar-refractivity contribution < 1.29 is 9.90 Å². The Morgan fingerprint density at radius 2 is 1.95 bits per heavy atom. The Labute approximate surface area is 111 Å². The normalized spacial score (nSPS) is 17.0. The lowest BCUT2D eigenvalue weighted by Gasteiger charge is -2.34. The highest BCUT2D eigenvalue weighted by Crippen LogP contribution is 2.23. The van der Waals surface area contributed by atoms with E-state index in [1.54, 1.807) is 6.07 Å². The molecule has 1 aromatic carbocycles. The maximum absolute atomic E-state index is 10.9. The van der Waals surface area contributed by atoms with Crippen LogP contribution in [0.2, 0.25) is 0 Å². The van der Waals surface area contributed by atoms with Crippen LogP contribution < -0.4 is 4.90 Å². The fraction of sp³-hybridized carbons (Fsp3) is 0.357. The summed E-state index contributed by atoms with van der Waals surface area (Å²) in [4.78, 5) is 18.5. The summed E-state index contributed by atoms with van der Waals surface area (Å²) >= 11 is 0. The molecule has 3 rings (SSSR count). The number of aromatic carboxylic acids is 1. The second kappa shape index (κ2) is 4.59. The highest BCUT2D eigenvalue weighted by molar-refractivity contribution is 5.94. The zero-order valence-electron chi connectivity index (χ0n) is 10.9. The zero-order valence-corrected chi connectivity index (χ0v) is 10.9. The van der Waals surface area contributed by atoms with Gasteiger partial charge >= 0.3 is 5.97 Å². The molecule has 2 N–H and O–H groups in total. The molecule has 100 valence electrons. The smallest absolute Gasteiger partial charge is 0.352 e. The number of fused-ring (bicyclic) bond motifs is 1. The van der Waals surface area contributed by atoms with Gasteiger partial charge in [0.25, 0.3) is 0 Å². The summed E-state index contributed by atoms with van der Waals surface area (Å²) < 4.78 is 0. The van der Waals surface area contributed by atoms with Gasteiger partial charge in [-0.15, -0.1) is 0 Å². The molecule has 2 aromatic rings. The molecule has 2 heterocycles. The maximum atomic E-state index is 10.9. The molecule has 1 aliphatic rings. The molecule has 5 heteroatoms. The molecule has 1 fully saturated rings. The molecule has 0 spiro atoms. The van der Waals surface area contributed by atoms with Crippen molar-refractivity contribution in [1.82, 2.24) is 9.88 Å². The average Bonchev–Trinajstić information content (AvgIpc) is 2.82. The Morgan fingerprint density at radius 3 is 2.63 bits per heavy atom. The van der Waals surface area contributed by atoms with Crippen LogP contribution >= 0.6 is 0 Å². The van der Waals surface area contributed by atoms with E-state index in [0.29, 0.717) is 0 Å². The predicted octanol–water partition coefficient (Wildman–Crippen LogP) is 1.62. The molecule has 1 aliphatic heterocycles. The van der Waals surface area contributed by atoms with E-state index in [1.165, 1.54) is 0 Å². The summed E-state index contributed by atoms with van der Waals surface area (Å²) in [6.07, 6.45) is 0. The van der Waals surface area contributed by atoms with Gasteiger partial charge in [0.1, 0.15) is 5.69 Å². The van der Waals surface area contributed by atoms with Crippen LogP contribution in [-0.2, 0) is 0 Å². The molecular formula is C14H17N3O2. The molecule has 19 heavy (non-hydrogen) atoms. The van der Waals surface area contributed by atoms with E-state index in [-0.39, 0.29) is 5.69 Å². The van der Waals surface area contributed by atoms with Crippen LogP contribution in [-0.4, -0.2) is 54.2 Å². The molecule has 0 unspecified atom stereocenters. The molecular weight excluding hydrogens is 242 g/mol. The van der Waals surface area contributed by atoms with Crippen LogP contribution in [0.25, 0.3) is 10.9 Å². The Bertz CT molecular complexity index is 612. The number of nitrogens with zero attached hydrogens (tertiary/aromatic N) is 2. The zero-order chi connectivity index (χ0) is 13.4. The first kappa shape index (κ1) is 12.0. The Kier molecular flexibility index (Phi) is 2.91. The van der Waals surface area contributed by atoms with Gasteiger partial charge in [-0.05, 0) is 25.2 Å². The first-order valence-electron chi connectivity index (χ1n) is 6.43. The van der Waals surface area contributed by atoms with Crippen LogP contribution in [0.15, 0.2) is 24.3 Å². The van der Waals surface area contributed by atoms with Gasteiger partial charge in [0.15, 0.2) is 0 Å². The van der Waals surface area contributed by atoms with Gasteiger partial charge in [-0.2, -0.15) is 0 Å². The molecule has 0 amide bonds. The molecule has 0 saturated carbocycles. The summed E-state index contributed by atoms with van der Waals surface area (Å²) in [5.74, 6) is -0.919. The number of carbonyl (C=O) groups is 1. The number of benzene rings is 1. The first-order valence-corrected chi connectivity index (χ1v) is 6.43. The third-order valence-electron chi connectivity index (χ3n) is 3.70. The van der Waals surface area contributed by atoms with E-state index in [2.05, 4.69) is 27.9 Å². The summed E-state index contributed by atoms with van der Waals surface area (Å²) in [6, 6.07) is 7.75. The second-order valence-electron chi connectivity index (χ2n) is 5.05. The number of hydrogen-bond donors (Lipinski definition) is 2. The first-order chi connectivity index (χ1) is 9.13. The maximum Gasteiger partial charge on any atom is 0.352 e. The van der Waals surface area contributed by atoms with E-state index >= 15 is 0 Å². The van der Waals surface area contributed by atoms with Gasteiger partial charge in [0, 0.05) is 42.8 Å². The van der Waals surface area contributed by atoms with Crippen molar-refractivity contribution in [2.75, 3.05) is 38.1 Å². The lowest BCUT2D eigenvalue weighted by atomic mass is 10.2. The number of carboxylic acids is 1. The average molecular weight is 259 g/mol. The number of likely N-dealkylation sites (N-methyl/N-ethyl adjacent to an activating group) is 1. The molecule has 0 bridgehead atoms. The van der Waals surface area contributed by atoms with Crippen LogP contribution in [0.1, 0.15) is 10.5 Å². The van der Waals surface area contributed by atoms with Gasteiger partial charge in [-0.1, -0.05) is 6.07 Å². The largest absolute Gasteiger partial charge is 0.477 e. The molecule has 0 atom stereocenters. The number of aromatic nitrogens is 1. The van der Waals surface area contributed by atoms with Gasteiger partial charge < -0.3 is 19.9 Å². The fourth-order valence-electron chi connectivity index (χ4n) is 2.49. The fourth-order valence-corrected chi connectivity index (χ4v) is 2.49. The van der Waals surface area contributed by atoms with Gasteiger partial charge in [-0.25, -0.2) is 4.79 Å². The predicted molar refractivity (Wildman–Crippen MR) is 75.0 cm³/mol. The molecule has 0 aliphatic carbocycles. The number of piperazine rings is 1. The standard InChI is InChI=1S/C14H17N3O2/c1-16-4-6-17(7-5-16)11-3-2-10-8-13(14(18)19)15-12(10)9-11/h2-3,8-9,15H,4-7H2,1H3,(H,18,19). The van der Waals surface area contributed by atoms with Gasteiger partial charge in [-0.3, -0.25) is 0 Å². The molecule has 1 saturated heterocycles. The Balaban J connectivity index is 1.90. The van der Waals surface area contributed by atoms with Crippen LogP contribution in [0.4, 0.5) is 5.69 Å².